The Kier molecular flexibility index (Phi) is 5.04. The van der Waals surface area contributed by atoms with Crippen LogP contribution in [0, 0.1) is 6.92 Å². The van der Waals surface area contributed by atoms with E-state index in [1.54, 1.807) is 0 Å². The Morgan fingerprint density at radius 1 is 1.43 bits per heavy atom. The van der Waals surface area contributed by atoms with E-state index in [0.717, 1.165) is 12.2 Å². The summed E-state index contributed by atoms with van der Waals surface area (Å²) in [5.41, 5.74) is 1.08. The van der Waals surface area contributed by atoms with Crippen LogP contribution in [0.4, 0.5) is 0 Å². The Balaban J connectivity index is 2.62. The quantitative estimate of drug-likeness (QED) is 0.789. The van der Waals surface area contributed by atoms with Gasteiger partial charge in [0.05, 0.1) is 10.6 Å². The average Bonchev–Trinajstić information content (AvgIpc) is 2.59. The zero-order chi connectivity index (χ0) is 10.4. The molecule has 0 spiro atoms. The molecule has 0 saturated carbocycles. The smallest absolute Gasteiger partial charge is 0.0772 e. The molecular formula is C10H19N3S. The molecule has 1 atom stereocenters. The minimum absolute atomic E-state index is 0.458. The van der Waals surface area contributed by atoms with E-state index >= 15 is 0 Å². The van der Waals surface area contributed by atoms with Gasteiger partial charge in [0.15, 0.2) is 0 Å². The third-order valence-electron chi connectivity index (χ3n) is 2.30. The van der Waals surface area contributed by atoms with E-state index in [0.29, 0.717) is 6.04 Å². The molecule has 1 rings (SSSR count). The van der Waals surface area contributed by atoms with E-state index in [9.17, 15) is 0 Å². The van der Waals surface area contributed by atoms with Crippen LogP contribution in [-0.2, 0) is 0 Å². The van der Waals surface area contributed by atoms with Crippen LogP contribution in [-0.4, -0.2) is 16.1 Å². The van der Waals surface area contributed by atoms with Crippen LogP contribution >= 0.6 is 11.5 Å². The van der Waals surface area contributed by atoms with Crippen molar-refractivity contribution in [3.05, 3.63) is 10.6 Å². The van der Waals surface area contributed by atoms with Crippen LogP contribution in [0.5, 0.6) is 0 Å². The highest BCUT2D eigenvalue weighted by molar-refractivity contribution is 7.05. The number of hydrogen-bond donors (Lipinski definition) is 1. The van der Waals surface area contributed by atoms with Gasteiger partial charge in [-0.05, 0) is 31.4 Å². The third kappa shape index (κ3) is 3.03. The van der Waals surface area contributed by atoms with Crippen molar-refractivity contribution in [3.8, 4) is 0 Å². The second kappa shape index (κ2) is 6.09. The highest BCUT2D eigenvalue weighted by atomic mass is 32.1. The summed E-state index contributed by atoms with van der Waals surface area (Å²) >= 11 is 1.52. The largest absolute Gasteiger partial charge is 0.309 e. The van der Waals surface area contributed by atoms with Gasteiger partial charge in [0, 0.05) is 6.04 Å². The molecule has 0 aromatic carbocycles. The maximum absolute atomic E-state index is 4.06. The minimum atomic E-state index is 0.458. The third-order valence-corrected chi connectivity index (χ3v) is 3.24. The predicted octanol–water partition coefficient (Wildman–Crippen LogP) is 2.69. The Hall–Kier alpha value is -0.480. The molecule has 80 valence electrons. The van der Waals surface area contributed by atoms with Crippen molar-refractivity contribution in [1.29, 1.82) is 0 Å². The topological polar surface area (TPSA) is 37.8 Å². The highest BCUT2D eigenvalue weighted by Crippen LogP contribution is 2.24. The van der Waals surface area contributed by atoms with Crippen molar-refractivity contribution < 1.29 is 0 Å². The molecular weight excluding hydrogens is 194 g/mol. The molecule has 0 bridgehead atoms. The van der Waals surface area contributed by atoms with Crippen molar-refractivity contribution in [2.24, 2.45) is 0 Å². The zero-order valence-electron chi connectivity index (χ0n) is 9.21. The Morgan fingerprint density at radius 2 is 2.21 bits per heavy atom. The molecule has 0 saturated heterocycles. The molecule has 1 unspecified atom stereocenters. The Morgan fingerprint density at radius 3 is 2.71 bits per heavy atom. The van der Waals surface area contributed by atoms with Crippen molar-refractivity contribution in [3.63, 3.8) is 0 Å². The molecule has 1 aromatic rings. The molecule has 0 fully saturated rings. The number of unbranched alkanes of at least 4 members (excludes halogenated alkanes) is 1. The van der Waals surface area contributed by atoms with E-state index in [2.05, 4.69) is 28.8 Å². The molecule has 1 N–H and O–H groups in total. The van der Waals surface area contributed by atoms with Crippen LogP contribution in [0.2, 0.25) is 0 Å². The van der Waals surface area contributed by atoms with Crippen molar-refractivity contribution in [2.45, 2.75) is 46.1 Å². The van der Waals surface area contributed by atoms with Crippen molar-refractivity contribution in [2.75, 3.05) is 6.54 Å². The summed E-state index contributed by atoms with van der Waals surface area (Å²) in [7, 11) is 0. The number of nitrogens with zero attached hydrogens (tertiary/aromatic N) is 2. The van der Waals surface area contributed by atoms with Gasteiger partial charge in [-0.15, -0.1) is 5.10 Å². The SMILES string of the molecule is CCCCC(NCC)c1snnc1C. The zero-order valence-corrected chi connectivity index (χ0v) is 10.0. The summed E-state index contributed by atoms with van der Waals surface area (Å²) < 4.78 is 3.98. The molecule has 3 nitrogen and oxygen atoms in total. The van der Waals surface area contributed by atoms with E-state index < -0.39 is 0 Å². The van der Waals surface area contributed by atoms with E-state index in [1.807, 2.05) is 6.92 Å². The minimum Gasteiger partial charge on any atom is -0.309 e. The first-order valence-electron chi connectivity index (χ1n) is 5.31. The molecule has 14 heavy (non-hydrogen) atoms. The Bertz CT molecular complexity index is 260. The number of aryl methyl sites for hydroxylation is 1. The van der Waals surface area contributed by atoms with Crippen LogP contribution in [0.1, 0.15) is 49.7 Å². The van der Waals surface area contributed by atoms with Crippen molar-refractivity contribution >= 4 is 11.5 Å². The van der Waals surface area contributed by atoms with Gasteiger partial charge in [0.2, 0.25) is 0 Å². The molecule has 0 amide bonds. The predicted molar refractivity (Wildman–Crippen MR) is 60.6 cm³/mol. The standard InChI is InChI=1S/C10H19N3S/c1-4-6-7-9(11-5-2)10-8(3)12-13-14-10/h9,11H,4-7H2,1-3H3. The second-order valence-corrected chi connectivity index (χ2v) is 4.26. The van der Waals surface area contributed by atoms with Crippen molar-refractivity contribution in [1.82, 2.24) is 14.9 Å². The summed E-state index contributed by atoms with van der Waals surface area (Å²) in [4.78, 5) is 1.31. The molecule has 0 aliphatic rings. The Labute approximate surface area is 90.1 Å². The lowest BCUT2D eigenvalue weighted by Crippen LogP contribution is -2.20. The summed E-state index contributed by atoms with van der Waals surface area (Å²) in [6.07, 6.45) is 3.69. The van der Waals surface area contributed by atoms with Gasteiger partial charge < -0.3 is 5.32 Å². The lowest BCUT2D eigenvalue weighted by molar-refractivity contribution is 0.499. The summed E-state index contributed by atoms with van der Waals surface area (Å²) in [6.45, 7) is 7.41. The van der Waals surface area contributed by atoms with Gasteiger partial charge in [-0.25, -0.2) is 0 Å². The maximum atomic E-state index is 4.06. The number of aromatic nitrogens is 2. The fourth-order valence-corrected chi connectivity index (χ4v) is 2.29. The first kappa shape index (κ1) is 11.6. The average molecular weight is 213 g/mol. The second-order valence-electron chi connectivity index (χ2n) is 3.48. The lowest BCUT2D eigenvalue weighted by atomic mass is 10.1. The summed E-state index contributed by atoms with van der Waals surface area (Å²) in [5.74, 6) is 0. The van der Waals surface area contributed by atoms with Gasteiger partial charge in [-0.2, -0.15) is 0 Å². The van der Waals surface area contributed by atoms with Crippen LogP contribution in [0.25, 0.3) is 0 Å². The molecule has 1 aromatic heterocycles. The fraction of sp³-hybridized carbons (Fsp3) is 0.800. The van der Waals surface area contributed by atoms with Gasteiger partial charge in [0.25, 0.3) is 0 Å². The van der Waals surface area contributed by atoms with E-state index in [-0.39, 0.29) is 0 Å². The number of hydrogen-bond acceptors (Lipinski definition) is 4. The fourth-order valence-electron chi connectivity index (χ4n) is 1.54. The van der Waals surface area contributed by atoms with Crippen LogP contribution in [0.15, 0.2) is 0 Å². The molecule has 0 radical (unpaired) electrons. The van der Waals surface area contributed by atoms with Crippen LogP contribution < -0.4 is 5.32 Å². The first-order valence-corrected chi connectivity index (χ1v) is 6.09. The summed E-state index contributed by atoms with van der Waals surface area (Å²) in [6, 6.07) is 0.458. The van der Waals surface area contributed by atoms with Gasteiger partial charge >= 0.3 is 0 Å². The van der Waals surface area contributed by atoms with E-state index in [1.165, 1.54) is 35.7 Å². The van der Waals surface area contributed by atoms with Gasteiger partial charge in [-0.3, -0.25) is 0 Å². The summed E-state index contributed by atoms with van der Waals surface area (Å²) in [5, 5.41) is 7.55. The highest BCUT2D eigenvalue weighted by Gasteiger charge is 2.15. The van der Waals surface area contributed by atoms with E-state index in [4.69, 9.17) is 0 Å². The number of nitrogens with one attached hydrogen (secondary N) is 1. The van der Waals surface area contributed by atoms with Gasteiger partial charge in [0.1, 0.15) is 0 Å². The molecule has 4 heteroatoms. The molecule has 0 aliphatic carbocycles. The molecule has 1 heterocycles. The molecule has 0 aliphatic heterocycles. The lowest BCUT2D eigenvalue weighted by Gasteiger charge is -2.15. The normalized spacial score (nSPS) is 13.1. The van der Waals surface area contributed by atoms with Crippen LogP contribution in [0.3, 0.4) is 0 Å². The van der Waals surface area contributed by atoms with Gasteiger partial charge in [-0.1, -0.05) is 31.2 Å². The maximum Gasteiger partial charge on any atom is 0.0772 e. The first-order chi connectivity index (χ1) is 6.79. The number of rotatable bonds is 6. The monoisotopic (exact) mass is 213 g/mol.